The molecule has 22 heavy (non-hydrogen) atoms. The van der Waals surface area contributed by atoms with Gasteiger partial charge >= 0.3 is 0 Å². The van der Waals surface area contributed by atoms with Crippen LogP contribution in [0.5, 0.6) is 0 Å². The van der Waals surface area contributed by atoms with Gasteiger partial charge in [0, 0.05) is 18.8 Å². The van der Waals surface area contributed by atoms with Crippen molar-refractivity contribution in [2.75, 3.05) is 38.5 Å². The van der Waals surface area contributed by atoms with Gasteiger partial charge in [0.25, 0.3) is 0 Å². The molecule has 1 aromatic rings. The molecule has 1 fully saturated rings. The summed E-state index contributed by atoms with van der Waals surface area (Å²) in [6.45, 7) is 7.29. The largest absolute Gasteiger partial charge is 0.376 e. The van der Waals surface area contributed by atoms with Crippen LogP contribution in [-0.4, -0.2) is 44.0 Å². The minimum absolute atomic E-state index is 0. The maximum absolute atomic E-state index is 12.2. The summed E-state index contributed by atoms with van der Waals surface area (Å²) in [5.41, 5.74) is 3.46. The third-order valence-electron chi connectivity index (χ3n) is 4.03. The Bertz CT molecular complexity index is 462. The summed E-state index contributed by atoms with van der Waals surface area (Å²) < 4.78 is 0. The van der Waals surface area contributed by atoms with Gasteiger partial charge in [0.2, 0.25) is 5.91 Å². The minimum Gasteiger partial charge on any atom is -0.376 e. The van der Waals surface area contributed by atoms with E-state index >= 15 is 0 Å². The summed E-state index contributed by atoms with van der Waals surface area (Å²) in [6, 6.07) is 6.18. The number of hydrogen-bond acceptors (Lipinski definition) is 3. The molecule has 0 aliphatic carbocycles. The molecular weight excluding hydrogens is 321 g/mol. The van der Waals surface area contributed by atoms with Gasteiger partial charge in [0.05, 0.1) is 6.54 Å². The zero-order chi connectivity index (χ0) is 14.5. The first-order chi connectivity index (χ1) is 9.61. The molecule has 0 radical (unpaired) electrons. The molecule has 0 bridgehead atoms. The summed E-state index contributed by atoms with van der Waals surface area (Å²) in [5.74, 6) is 0.801. The van der Waals surface area contributed by atoms with E-state index in [2.05, 4.69) is 36.6 Å². The lowest BCUT2D eigenvalue weighted by Crippen LogP contribution is -2.34. The number of para-hydroxylation sites is 1. The van der Waals surface area contributed by atoms with E-state index in [1.54, 1.807) is 0 Å². The molecule has 4 nitrogen and oxygen atoms in total. The Morgan fingerprint density at radius 1 is 1.27 bits per heavy atom. The molecule has 2 rings (SSSR count). The first kappa shape index (κ1) is 21.0. The topological polar surface area (TPSA) is 44.4 Å². The molecule has 6 heteroatoms. The number of rotatable bonds is 5. The van der Waals surface area contributed by atoms with Crippen LogP contribution < -0.4 is 10.6 Å². The third kappa shape index (κ3) is 5.34. The van der Waals surface area contributed by atoms with Crippen LogP contribution in [0.4, 0.5) is 5.69 Å². The van der Waals surface area contributed by atoms with Gasteiger partial charge in [0.1, 0.15) is 0 Å². The van der Waals surface area contributed by atoms with Crippen molar-refractivity contribution in [1.82, 2.24) is 10.2 Å². The Morgan fingerprint density at radius 3 is 2.50 bits per heavy atom. The van der Waals surface area contributed by atoms with Gasteiger partial charge in [-0.3, -0.25) is 4.79 Å². The number of carbonyl (C=O) groups is 1. The highest BCUT2D eigenvalue weighted by molar-refractivity contribution is 5.85. The Morgan fingerprint density at radius 2 is 1.91 bits per heavy atom. The van der Waals surface area contributed by atoms with E-state index < -0.39 is 0 Å². The monoisotopic (exact) mass is 347 g/mol. The number of aryl methyl sites for hydroxylation is 2. The van der Waals surface area contributed by atoms with E-state index in [0.29, 0.717) is 12.5 Å². The van der Waals surface area contributed by atoms with Crippen molar-refractivity contribution in [2.45, 2.75) is 20.3 Å². The van der Waals surface area contributed by atoms with Crippen LogP contribution in [0.2, 0.25) is 0 Å². The molecule has 1 aliphatic heterocycles. The molecule has 1 atom stereocenters. The van der Waals surface area contributed by atoms with Gasteiger partial charge in [-0.1, -0.05) is 18.2 Å². The standard InChI is InChI=1S/C16H25N3O.2ClH/c1-12-5-4-6-13(2)16(12)18-10-15(20)19-8-7-14(11-19)9-17-3;;/h4-6,14,17-18H,7-11H2,1-3H3;2*1H. The van der Waals surface area contributed by atoms with Gasteiger partial charge < -0.3 is 15.5 Å². The van der Waals surface area contributed by atoms with Crippen LogP contribution in [0.3, 0.4) is 0 Å². The molecule has 1 heterocycles. The van der Waals surface area contributed by atoms with Crippen molar-refractivity contribution in [3.8, 4) is 0 Å². The zero-order valence-electron chi connectivity index (χ0n) is 13.5. The summed E-state index contributed by atoms with van der Waals surface area (Å²) in [4.78, 5) is 14.2. The molecule has 1 saturated heterocycles. The second kappa shape index (κ2) is 9.93. The van der Waals surface area contributed by atoms with Crippen LogP contribution in [0, 0.1) is 19.8 Å². The molecule has 126 valence electrons. The van der Waals surface area contributed by atoms with E-state index in [-0.39, 0.29) is 30.7 Å². The van der Waals surface area contributed by atoms with Crippen LogP contribution in [0.25, 0.3) is 0 Å². The highest BCUT2D eigenvalue weighted by atomic mass is 35.5. The molecule has 1 amide bonds. The molecule has 1 aromatic carbocycles. The molecule has 1 unspecified atom stereocenters. The Labute approximate surface area is 145 Å². The summed E-state index contributed by atoms with van der Waals surface area (Å²) in [6.07, 6.45) is 1.11. The average molecular weight is 348 g/mol. The molecular formula is C16H27Cl2N3O. The number of nitrogens with one attached hydrogen (secondary N) is 2. The Hall–Kier alpha value is -0.970. The minimum atomic E-state index is 0. The lowest BCUT2D eigenvalue weighted by Gasteiger charge is -2.18. The van der Waals surface area contributed by atoms with Gasteiger partial charge in [-0.15, -0.1) is 24.8 Å². The number of anilines is 1. The maximum atomic E-state index is 12.2. The molecule has 2 N–H and O–H groups in total. The van der Waals surface area contributed by atoms with Crippen molar-refractivity contribution in [2.24, 2.45) is 5.92 Å². The third-order valence-corrected chi connectivity index (χ3v) is 4.03. The number of carbonyl (C=O) groups excluding carboxylic acids is 1. The predicted molar refractivity (Wildman–Crippen MR) is 97.5 cm³/mol. The van der Waals surface area contributed by atoms with Crippen molar-refractivity contribution in [3.63, 3.8) is 0 Å². The Kier molecular flexibility index (Phi) is 9.49. The lowest BCUT2D eigenvalue weighted by molar-refractivity contribution is -0.128. The summed E-state index contributed by atoms with van der Waals surface area (Å²) in [5, 5.41) is 6.49. The first-order valence-corrected chi connectivity index (χ1v) is 7.34. The predicted octanol–water partition coefficient (Wildman–Crippen LogP) is 2.63. The van der Waals surface area contributed by atoms with Gasteiger partial charge in [-0.05, 0) is 50.9 Å². The number of benzene rings is 1. The highest BCUT2D eigenvalue weighted by Crippen LogP contribution is 2.20. The number of amides is 1. The SMILES string of the molecule is CNCC1CCN(C(=O)CNc2c(C)cccc2C)C1.Cl.Cl. The van der Waals surface area contributed by atoms with Gasteiger partial charge in [0.15, 0.2) is 0 Å². The summed E-state index contributed by atoms with van der Waals surface area (Å²) in [7, 11) is 1.97. The number of likely N-dealkylation sites (tertiary alicyclic amines) is 1. The molecule has 0 saturated carbocycles. The second-order valence-electron chi connectivity index (χ2n) is 5.67. The van der Waals surface area contributed by atoms with Crippen molar-refractivity contribution < 1.29 is 4.79 Å². The molecule has 0 aromatic heterocycles. The smallest absolute Gasteiger partial charge is 0.241 e. The fourth-order valence-corrected chi connectivity index (χ4v) is 2.88. The maximum Gasteiger partial charge on any atom is 0.241 e. The van der Waals surface area contributed by atoms with Crippen molar-refractivity contribution in [3.05, 3.63) is 29.3 Å². The molecule has 0 spiro atoms. The van der Waals surface area contributed by atoms with E-state index in [0.717, 1.165) is 31.7 Å². The number of hydrogen-bond donors (Lipinski definition) is 2. The second-order valence-corrected chi connectivity index (χ2v) is 5.67. The number of halogens is 2. The fraction of sp³-hybridized carbons (Fsp3) is 0.562. The van der Waals surface area contributed by atoms with Gasteiger partial charge in [-0.2, -0.15) is 0 Å². The van der Waals surface area contributed by atoms with Gasteiger partial charge in [-0.25, -0.2) is 0 Å². The normalized spacial score (nSPS) is 16.7. The highest BCUT2D eigenvalue weighted by Gasteiger charge is 2.25. The average Bonchev–Trinajstić information content (AvgIpc) is 2.87. The van der Waals surface area contributed by atoms with Crippen LogP contribution in [-0.2, 0) is 4.79 Å². The van der Waals surface area contributed by atoms with E-state index in [4.69, 9.17) is 0 Å². The van der Waals surface area contributed by atoms with Crippen LogP contribution in [0.1, 0.15) is 17.5 Å². The van der Waals surface area contributed by atoms with Crippen LogP contribution in [0.15, 0.2) is 18.2 Å². The Balaban J connectivity index is 0.00000220. The quantitative estimate of drug-likeness (QED) is 0.860. The van der Waals surface area contributed by atoms with Crippen molar-refractivity contribution in [1.29, 1.82) is 0 Å². The first-order valence-electron chi connectivity index (χ1n) is 7.34. The van der Waals surface area contributed by atoms with Crippen LogP contribution >= 0.6 is 24.8 Å². The summed E-state index contributed by atoms with van der Waals surface area (Å²) >= 11 is 0. The van der Waals surface area contributed by atoms with E-state index in [1.807, 2.05) is 18.0 Å². The fourth-order valence-electron chi connectivity index (χ4n) is 2.88. The zero-order valence-corrected chi connectivity index (χ0v) is 15.1. The lowest BCUT2D eigenvalue weighted by atomic mass is 10.1. The van der Waals surface area contributed by atoms with E-state index in [1.165, 1.54) is 11.1 Å². The molecule has 1 aliphatic rings. The van der Waals surface area contributed by atoms with E-state index in [9.17, 15) is 4.79 Å². The number of nitrogens with zero attached hydrogens (tertiary/aromatic N) is 1. The van der Waals surface area contributed by atoms with Crippen molar-refractivity contribution >= 4 is 36.4 Å².